The maximum absolute atomic E-state index is 10.9. The first-order valence-electron chi connectivity index (χ1n) is 4.44. The van der Waals surface area contributed by atoms with Crippen LogP contribution < -0.4 is 5.73 Å². The minimum Gasteiger partial charge on any atom is -0.506 e. The molecule has 0 bridgehead atoms. The second-order valence-corrected chi connectivity index (χ2v) is 3.16. The van der Waals surface area contributed by atoms with Crippen molar-refractivity contribution in [1.29, 1.82) is 0 Å². The van der Waals surface area contributed by atoms with Crippen LogP contribution in [0.15, 0.2) is 42.7 Å². The Kier molecular flexibility index (Phi) is 2.17. The maximum atomic E-state index is 10.9. The molecule has 1 amide bonds. The minimum atomic E-state index is -0.552. The molecule has 4 heteroatoms. The number of aromatic nitrogens is 1. The molecule has 0 atom stereocenters. The van der Waals surface area contributed by atoms with Gasteiger partial charge >= 0.3 is 0 Å². The summed E-state index contributed by atoms with van der Waals surface area (Å²) in [6.07, 6.45) is 3.61. The van der Waals surface area contributed by atoms with E-state index in [-0.39, 0.29) is 5.75 Å². The number of carbonyl (C=O) groups excluding carboxylic acids is 1. The van der Waals surface area contributed by atoms with Gasteiger partial charge in [-0.25, -0.2) is 0 Å². The van der Waals surface area contributed by atoms with Gasteiger partial charge in [0.1, 0.15) is 5.75 Å². The monoisotopic (exact) mass is 202 g/mol. The van der Waals surface area contributed by atoms with Gasteiger partial charge in [0.05, 0.1) is 5.69 Å². The van der Waals surface area contributed by atoms with E-state index in [0.29, 0.717) is 11.3 Å². The molecular weight excluding hydrogens is 192 g/mol. The van der Waals surface area contributed by atoms with E-state index in [1.54, 1.807) is 29.1 Å². The van der Waals surface area contributed by atoms with Crippen molar-refractivity contribution >= 4 is 5.91 Å². The lowest BCUT2D eigenvalue weighted by molar-refractivity contribution is 0.1000. The summed E-state index contributed by atoms with van der Waals surface area (Å²) in [5, 5.41) is 9.68. The molecule has 0 saturated carbocycles. The molecule has 76 valence electrons. The number of carbonyl (C=O) groups is 1. The molecule has 0 fully saturated rings. The lowest BCUT2D eigenvalue weighted by Crippen LogP contribution is -2.10. The number of amides is 1. The highest BCUT2D eigenvalue weighted by atomic mass is 16.3. The fraction of sp³-hybridized carbons (Fsp3) is 0. The normalized spacial score (nSPS) is 10.1. The van der Waals surface area contributed by atoms with Crippen LogP contribution in [0.25, 0.3) is 5.69 Å². The largest absolute Gasteiger partial charge is 0.506 e. The third-order valence-corrected chi connectivity index (χ3v) is 2.14. The van der Waals surface area contributed by atoms with Crippen LogP contribution in [0, 0.1) is 0 Å². The highest BCUT2D eigenvalue weighted by Gasteiger charge is 2.06. The van der Waals surface area contributed by atoms with Crippen molar-refractivity contribution in [2.24, 2.45) is 5.73 Å². The number of phenolic OH excluding ortho intramolecular Hbond substituents is 1. The number of nitrogens with two attached hydrogens (primary N) is 1. The Morgan fingerprint density at radius 2 is 1.93 bits per heavy atom. The number of hydrogen-bond donors (Lipinski definition) is 2. The lowest BCUT2D eigenvalue weighted by atomic mass is 10.2. The quantitative estimate of drug-likeness (QED) is 0.770. The Hall–Kier alpha value is -2.23. The number of benzene rings is 1. The Balaban J connectivity index is 2.48. The molecule has 2 rings (SSSR count). The van der Waals surface area contributed by atoms with Crippen LogP contribution in [0.5, 0.6) is 5.75 Å². The van der Waals surface area contributed by atoms with Crippen LogP contribution in [0.3, 0.4) is 0 Å². The lowest BCUT2D eigenvalue weighted by Gasteiger charge is -2.06. The summed E-state index contributed by atoms with van der Waals surface area (Å²) in [5.74, 6) is -0.521. The first-order valence-corrected chi connectivity index (χ1v) is 4.44. The Morgan fingerprint density at radius 1 is 1.27 bits per heavy atom. The van der Waals surface area contributed by atoms with Gasteiger partial charge in [0, 0.05) is 18.0 Å². The Labute approximate surface area is 86.6 Å². The van der Waals surface area contributed by atoms with Crippen molar-refractivity contribution in [2.45, 2.75) is 0 Å². The highest BCUT2D eigenvalue weighted by molar-refractivity contribution is 5.93. The van der Waals surface area contributed by atoms with Crippen LogP contribution in [0.1, 0.15) is 10.4 Å². The summed E-state index contributed by atoms with van der Waals surface area (Å²) < 4.78 is 1.75. The standard InChI is InChI=1S/C11H10N2O2/c12-11(15)8-3-4-9(10(14)7-8)13-5-1-2-6-13/h1-7,14H,(H2,12,15). The minimum absolute atomic E-state index is 0.0301. The third-order valence-electron chi connectivity index (χ3n) is 2.14. The number of phenols is 1. The number of aromatic hydroxyl groups is 1. The van der Waals surface area contributed by atoms with Crippen LogP contribution in [0.4, 0.5) is 0 Å². The van der Waals surface area contributed by atoms with Gasteiger partial charge in [0.15, 0.2) is 0 Å². The number of hydrogen-bond acceptors (Lipinski definition) is 2. The van der Waals surface area contributed by atoms with Crippen LogP contribution in [-0.2, 0) is 0 Å². The molecule has 0 aliphatic heterocycles. The SMILES string of the molecule is NC(=O)c1ccc(-n2cccc2)c(O)c1. The molecule has 4 nitrogen and oxygen atoms in total. The van der Waals surface area contributed by atoms with Gasteiger partial charge in [0.25, 0.3) is 0 Å². The molecule has 0 aliphatic rings. The number of primary amides is 1. The fourth-order valence-corrected chi connectivity index (χ4v) is 1.39. The van der Waals surface area contributed by atoms with E-state index in [0.717, 1.165) is 0 Å². The molecule has 0 unspecified atom stereocenters. The van der Waals surface area contributed by atoms with Crippen molar-refractivity contribution in [2.75, 3.05) is 0 Å². The Bertz CT molecular complexity index is 489. The summed E-state index contributed by atoms with van der Waals surface area (Å²) in [5.41, 5.74) is 6.01. The van der Waals surface area contributed by atoms with Gasteiger partial charge in [-0.3, -0.25) is 4.79 Å². The van der Waals surface area contributed by atoms with Gasteiger partial charge in [-0.05, 0) is 30.3 Å². The van der Waals surface area contributed by atoms with Gasteiger partial charge in [-0.2, -0.15) is 0 Å². The van der Waals surface area contributed by atoms with Crippen LogP contribution in [-0.4, -0.2) is 15.6 Å². The molecule has 1 aromatic heterocycles. The first kappa shape index (κ1) is 9.33. The van der Waals surface area contributed by atoms with E-state index < -0.39 is 5.91 Å². The van der Waals surface area contributed by atoms with E-state index in [2.05, 4.69) is 0 Å². The topological polar surface area (TPSA) is 68.2 Å². The van der Waals surface area contributed by atoms with Gasteiger partial charge in [-0.1, -0.05) is 0 Å². The molecule has 2 aromatic rings. The van der Waals surface area contributed by atoms with Gasteiger partial charge in [-0.15, -0.1) is 0 Å². The van der Waals surface area contributed by atoms with E-state index in [4.69, 9.17) is 5.73 Å². The van der Waals surface area contributed by atoms with Crippen LogP contribution in [0.2, 0.25) is 0 Å². The summed E-state index contributed by atoms with van der Waals surface area (Å²) in [7, 11) is 0. The van der Waals surface area contributed by atoms with Gasteiger partial charge < -0.3 is 15.4 Å². The summed E-state index contributed by atoms with van der Waals surface area (Å²) in [6, 6.07) is 8.29. The van der Waals surface area contributed by atoms with Crippen molar-refractivity contribution in [3.05, 3.63) is 48.3 Å². The zero-order valence-corrected chi connectivity index (χ0v) is 7.92. The van der Waals surface area contributed by atoms with E-state index in [1.165, 1.54) is 6.07 Å². The second kappa shape index (κ2) is 3.49. The molecule has 0 spiro atoms. The third kappa shape index (κ3) is 1.69. The second-order valence-electron chi connectivity index (χ2n) is 3.16. The zero-order valence-electron chi connectivity index (χ0n) is 7.92. The maximum Gasteiger partial charge on any atom is 0.248 e. The van der Waals surface area contributed by atoms with Crippen molar-refractivity contribution in [1.82, 2.24) is 4.57 Å². The van der Waals surface area contributed by atoms with E-state index in [1.807, 2.05) is 12.1 Å². The smallest absolute Gasteiger partial charge is 0.248 e. The highest BCUT2D eigenvalue weighted by Crippen LogP contribution is 2.22. The number of rotatable bonds is 2. The summed E-state index contributed by atoms with van der Waals surface area (Å²) in [6.45, 7) is 0. The molecular formula is C11H10N2O2. The predicted octanol–water partition coefficient (Wildman–Crippen LogP) is 1.28. The predicted molar refractivity (Wildman–Crippen MR) is 56.0 cm³/mol. The molecule has 1 aromatic carbocycles. The van der Waals surface area contributed by atoms with Crippen molar-refractivity contribution in [3.8, 4) is 11.4 Å². The average molecular weight is 202 g/mol. The van der Waals surface area contributed by atoms with Crippen molar-refractivity contribution < 1.29 is 9.90 Å². The first-order chi connectivity index (χ1) is 7.18. The number of nitrogens with zero attached hydrogens (tertiary/aromatic N) is 1. The van der Waals surface area contributed by atoms with Gasteiger partial charge in [0.2, 0.25) is 5.91 Å². The molecule has 0 radical (unpaired) electrons. The van der Waals surface area contributed by atoms with E-state index >= 15 is 0 Å². The fourth-order valence-electron chi connectivity index (χ4n) is 1.39. The zero-order chi connectivity index (χ0) is 10.8. The molecule has 3 N–H and O–H groups in total. The van der Waals surface area contributed by atoms with Crippen LogP contribution >= 0.6 is 0 Å². The molecule has 15 heavy (non-hydrogen) atoms. The van der Waals surface area contributed by atoms with Crippen molar-refractivity contribution in [3.63, 3.8) is 0 Å². The summed E-state index contributed by atoms with van der Waals surface area (Å²) >= 11 is 0. The molecule has 1 heterocycles. The average Bonchev–Trinajstić information content (AvgIpc) is 2.70. The summed E-state index contributed by atoms with van der Waals surface area (Å²) in [4.78, 5) is 10.9. The molecule has 0 aliphatic carbocycles. The Morgan fingerprint density at radius 3 is 2.47 bits per heavy atom. The van der Waals surface area contributed by atoms with E-state index in [9.17, 15) is 9.90 Å². The molecule has 0 saturated heterocycles.